The second-order valence-electron chi connectivity index (χ2n) is 8.73. The van der Waals surface area contributed by atoms with E-state index in [4.69, 9.17) is 9.98 Å². The summed E-state index contributed by atoms with van der Waals surface area (Å²) in [5, 5.41) is 4.75. The lowest BCUT2D eigenvalue weighted by Gasteiger charge is -2.40. The molecule has 0 atom stereocenters. The Kier molecular flexibility index (Phi) is 3.98. The molecular weight excluding hydrogens is 322 g/mol. The number of hydrogen-bond acceptors (Lipinski definition) is 4. The summed E-state index contributed by atoms with van der Waals surface area (Å²) in [6, 6.07) is 2.73. The zero-order chi connectivity index (χ0) is 17.6. The van der Waals surface area contributed by atoms with Crippen LogP contribution >= 0.6 is 0 Å². The van der Waals surface area contributed by atoms with Gasteiger partial charge in [-0.15, -0.1) is 0 Å². The molecular formula is C21H29N5. The number of aromatic nitrogens is 3. The molecule has 5 heteroatoms. The van der Waals surface area contributed by atoms with Crippen molar-refractivity contribution < 1.29 is 0 Å². The SMILES string of the molecule is CC1CCC(Nc2ncc3cc4n(c3n2)C2(CCCCC2)CN=C4)CC1. The maximum absolute atomic E-state index is 4.99. The number of nitrogens with one attached hydrogen (secondary N) is 1. The van der Waals surface area contributed by atoms with Crippen LogP contribution in [0.3, 0.4) is 0 Å². The average Bonchev–Trinajstić information content (AvgIpc) is 3.04. The molecule has 0 radical (unpaired) electrons. The van der Waals surface area contributed by atoms with Crippen molar-refractivity contribution in [2.24, 2.45) is 10.9 Å². The molecule has 3 aliphatic rings. The van der Waals surface area contributed by atoms with Crippen molar-refractivity contribution in [2.75, 3.05) is 11.9 Å². The number of aliphatic imine (C=N–C) groups is 1. The summed E-state index contributed by atoms with van der Waals surface area (Å²) >= 11 is 0. The molecule has 2 fully saturated rings. The predicted octanol–water partition coefficient (Wildman–Crippen LogP) is 4.51. The lowest BCUT2D eigenvalue weighted by Crippen LogP contribution is -2.42. The van der Waals surface area contributed by atoms with Crippen LogP contribution in [0, 0.1) is 5.92 Å². The van der Waals surface area contributed by atoms with Gasteiger partial charge in [-0.3, -0.25) is 4.99 Å². The summed E-state index contributed by atoms with van der Waals surface area (Å²) in [4.78, 5) is 14.3. The number of hydrogen-bond donors (Lipinski definition) is 1. The van der Waals surface area contributed by atoms with Crippen molar-refractivity contribution in [1.82, 2.24) is 14.5 Å². The van der Waals surface area contributed by atoms with Gasteiger partial charge in [0.05, 0.1) is 17.8 Å². The standard InChI is InChI=1S/C21H29N5/c1-15-5-7-17(8-6-15)24-20-23-12-16-11-18-13-22-14-21(9-3-2-4-10-21)26(18)19(16)25-20/h11-13,15,17H,2-10,14H2,1H3,(H,23,24,25). The fraction of sp³-hybridized carbons (Fsp3) is 0.667. The van der Waals surface area contributed by atoms with Crippen LogP contribution in [0.1, 0.15) is 70.4 Å². The monoisotopic (exact) mass is 351 g/mol. The maximum Gasteiger partial charge on any atom is 0.224 e. The van der Waals surface area contributed by atoms with Crippen LogP contribution in [-0.4, -0.2) is 33.3 Å². The number of fused-ring (bicyclic) bond motifs is 4. The highest BCUT2D eigenvalue weighted by molar-refractivity contribution is 5.90. The lowest BCUT2D eigenvalue weighted by molar-refractivity contribution is 0.204. The molecule has 1 N–H and O–H groups in total. The normalized spacial score (nSPS) is 27.6. The van der Waals surface area contributed by atoms with Crippen LogP contribution in [0.4, 0.5) is 5.95 Å². The molecule has 2 aromatic heterocycles. The van der Waals surface area contributed by atoms with Crippen LogP contribution < -0.4 is 5.32 Å². The Morgan fingerprint density at radius 2 is 1.92 bits per heavy atom. The van der Waals surface area contributed by atoms with Crippen molar-refractivity contribution in [3.05, 3.63) is 18.0 Å². The van der Waals surface area contributed by atoms with E-state index in [2.05, 4.69) is 27.9 Å². The topological polar surface area (TPSA) is 55.1 Å². The summed E-state index contributed by atoms with van der Waals surface area (Å²) in [7, 11) is 0. The van der Waals surface area contributed by atoms with E-state index in [1.54, 1.807) is 0 Å². The van der Waals surface area contributed by atoms with Gasteiger partial charge in [-0.1, -0.05) is 26.2 Å². The molecule has 0 unspecified atom stereocenters. The minimum atomic E-state index is 0.135. The molecule has 0 aromatic carbocycles. The van der Waals surface area contributed by atoms with Gasteiger partial charge in [0.25, 0.3) is 0 Å². The van der Waals surface area contributed by atoms with Crippen molar-refractivity contribution in [3.63, 3.8) is 0 Å². The average molecular weight is 351 g/mol. The molecule has 1 aliphatic heterocycles. The minimum Gasteiger partial charge on any atom is -0.351 e. The van der Waals surface area contributed by atoms with E-state index >= 15 is 0 Å². The fourth-order valence-electron chi connectivity index (χ4n) is 5.23. The van der Waals surface area contributed by atoms with Gasteiger partial charge < -0.3 is 9.88 Å². The minimum absolute atomic E-state index is 0.135. The van der Waals surface area contributed by atoms with Crippen LogP contribution in [0.15, 0.2) is 17.3 Å². The molecule has 5 rings (SSSR count). The molecule has 0 saturated heterocycles. The quantitative estimate of drug-likeness (QED) is 0.866. The van der Waals surface area contributed by atoms with E-state index in [0.717, 1.165) is 29.4 Å². The summed E-state index contributed by atoms with van der Waals surface area (Å²) in [5.74, 6) is 1.66. The van der Waals surface area contributed by atoms with Crippen molar-refractivity contribution in [1.29, 1.82) is 0 Å². The van der Waals surface area contributed by atoms with Crippen molar-refractivity contribution >= 4 is 23.2 Å². The number of anilines is 1. The Morgan fingerprint density at radius 1 is 1.12 bits per heavy atom. The summed E-state index contributed by atoms with van der Waals surface area (Å²) < 4.78 is 2.49. The Labute approximate surface area is 155 Å². The molecule has 5 nitrogen and oxygen atoms in total. The smallest absolute Gasteiger partial charge is 0.224 e. The Balaban J connectivity index is 1.50. The molecule has 138 valence electrons. The Bertz CT molecular complexity index is 822. The molecule has 0 amide bonds. The predicted molar refractivity (Wildman–Crippen MR) is 106 cm³/mol. The molecule has 2 aromatic rings. The van der Waals surface area contributed by atoms with Crippen molar-refractivity contribution in [2.45, 2.75) is 76.3 Å². The van der Waals surface area contributed by atoms with Gasteiger partial charge >= 0.3 is 0 Å². The van der Waals surface area contributed by atoms with E-state index < -0.39 is 0 Å². The third kappa shape index (κ3) is 2.72. The molecule has 26 heavy (non-hydrogen) atoms. The second-order valence-corrected chi connectivity index (χ2v) is 8.73. The molecule has 2 aliphatic carbocycles. The van der Waals surface area contributed by atoms with E-state index in [1.807, 2.05) is 12.4 Å². The van der Waals surface area contributed by atoms with Gasteiger partial charge in [0.1, 0.15) is 5.65 Å². The van der Waals surface area contributed by atoms with E-state index in [9.17, 15) is 0 Å². The first kappa shape index (κ1) is 16.3. The van der Waals surface area contributed by atoms with Gasteiger partial charge in [0.2, 0.25) is 5.95 Å². The number of rotatable bonds is 2. The highest BCUT2D eigenvalue weighted by Gasteiger charge is 2.38. The van der Waals surface area contributed by atoms with Crippen molar-refractivity contribution in [3.8, 4) is 0 Å². The lowest BCUT2D eigenvalue weighted by atomic mass is 9.80. The Morgan fingerprint density at radius 3 is 2.73 bits per heavy atom. The van der Waals surface area contributed by atoms with E-state index in [-0.39, 0.29) is 5.54 Å². The van der Waals surface area contributed by atoms with Crippen LogP contribution in [0.25, 0.3) is 11.0 Å². The highest BCUT2D eigenvalue weighted by atomic mass is 15.2. The molecule has 1 spiro atoms. The first-order chi connectivity index (χ1) is 12.7. The third-order valence-electron chi connectivity index (χ3n) is 6.79. The molecule has 2 saturated carbocycles. The number of nitrogens with zero attached hydrogens (tertiary/aromatic N) is 4. The van der Waals surface area contributed by atoms with Crippen LogP contribution in [0.2, 0.25) is 0 Å². The molecule has 0 bridgehead atoms. The van der Waals surface area contributed by atoms with Gasteiger partial charge in [-0.05, 0) is 50.5 Å². The highest BCUT2D eigenvalue weighted by Crippen LogP contribution is 2.40. The summed E-state index contributed by atoms with van der Waals surface area (Å²) in [5.41, 5.74) is 2.43. The van der Waals surface area contributed by atoms with Gasteiger partial charge in [0, 0.05) is 23.8 Å². The van der Waals surface area contributed by atoms with Gasteiger partial charge in [-0.25, -0.2) is 4.98 Å². The van der Waals surface area contributed by atoms with Crippen LogP contribution in [-0.2, 0) is 5.54 Å². The van der Waals surface area contributed by atoms with E-state index in [0.29, 0.717) is 6.04 Å². The zero-order valence-corrected chi connectivity index (χ0v) is 15.7. The largest absolute Gasteiger partial charge is 0.351 e. The van der Waals surface area contributed by atoms with Gasteiger partial charge in [-0.2, -0.15) is 4.98 Å². The maximum atomic E-state index is 4.99. The van der Waals surface area contributed by atoms with Gasteiger partial charge in [0.15, 0.2) is 0 Å². The Hall–Kier alpha value is -1.91. The summed E-state index contributed by atoms with van der Waals surface area (Å²) in [6.07, 6.45) is 15.5. The first-order valence-electron chi connectivity index (χ1n) is 10.4. The summed E-state index contributed by atoms with van der Waals surface area (Å²) in [6.45, 7) is 3.26. The molecule has 3 heterocycles. The second kappa shape index (κ2) is 6.36. The van der Waals surface area contributed by atoms with Crippen LogP contribution in [0.5, 0.6) is 0 Å². The van der Waals surface area contributed by atoms with E-state index in [1.165, 1.54) is 63.5 Å². The fourth-order valence-corrected chi connectivity index (χ4v) is 5.23. The first-order valence-corrected chi connectivity index (χ1v) is 10.4. The zero-order valence-electron chi connectivity index (χ0n) is 15.7. The third-order valence-corrected chi connectivity index (χ3v) is 6.79.